The van der Waals surface area contributed by atoms with Gasteiger partial charge >= 0.3 is 6.03 Å². The molecule has 3 rings (SSSR count). The first kappa shape index (κ1) is 22.0. The number of methoxy groups -OCH3 is 3. The second kappa shape index (κ2) is 10.4. The quantitative estimate of drug-likeness (QED) is 0.757. The summed E-state index contributed by atoms with van der Waals surface area (Å²) in [6, 6.07) is 3.21. The molecule has 0 bridgehead atoms. The van der Waals surface area contributed by atoms with Gasteiger partial charge in [0.25, 0.3) is 0 Å². The van der Waals surface area contributed by atoms with E-state index in [4.69, 9.17) is 14.2 Å². The number of piperazine rings is 1. The van der Waals surface area contributed by atoms with Crippen molar-refractivity contribution in [1.29, 1.82) is 0 Å². The van der Waals surface area contributed by atoms with Gasteiger partial charge in [0.15, 0.2) is 11.5 Å². The molecule has 0 saturated carbocycles. The highest BCUT2D eigenvalue weighted by Gasteiger charge is 2.25. The minimum absolute atomic E-state index is 0.189. The van der Waals surface area contributed by atoms with Gasteiger partial charge in [0.2, 0.25) is 11.7 Å². The van der Waals surface area contributed by atoms with Crippen LogP contribution in [0.5, 0.6) is 17.2 Å². The number of hydrogen-bond acceptors (Lipinski definition) is 6. The minimum Gasteiger partial charge on any atom is -0.493 e. The molecule has 0 spiro atoms. The van der Waals surface area contributed by atoms with E-state index in [9.17, 15) is 9.59 Å². The number of anilines is 1. The molecule has 1 aromatic carbocycles. The van der Waals surface area contributed by atoms with E-state index in [2.05, 4.69) is 10.2 Å². The Morgan fingerprint density at radius 2 is 1.43 bits per heavy atom. The van der Waals surface area contributed by atoms with Crippen LogP contribution in [0.4, 0.5) is 10.5 Å². The Bertz CT molecular complexity index is 718. The van der Waals surface area contributed by atoms with Crippen molar-refractivity contribution in [3.63, 3.8) is 0 Å². The highest BCUT2D eigenvalue weighted by molar-refractivity contribution is 5.90. The third-order valence-electron chi connectivity index (χ3n) is 5.64. The van der Waals surface area contributed by atoms with Gasteiger partial charge in [-0.2, -0.15) is 0 Å². The second-order valence-electron chi connectivity index (χ2n) is 7.55. The number of rotatable bonds is 6. The molecular formula is C21H32N4O5. The van der Waals surface area contributed by atoms with Crippen molar-refractivity contribution in [2.45, 2.75) is 19.3 Å². The van der Waals surface area contributed by atoms with E-state index in [-0.39, 0.29) is 11.9 Å². The normalized spacial score (nSPS) is 17.4. The Labute approximate surface area is 177 Å². The maximum Gasteiger partial charge on any atom is 0.321 e. The van der Waals surface area contributed by atoms with E-state index in [0.29, 0.717) is 55.7 Å². The van der Waals surface area contributed by atoms with Crippen LogP contribution in [0.2, 0.25) is 0 Å². The third kappa shape index (κ3) is 5.27. The highest BCUT2D eigenvalue weighted by Crippen LogP contribution is 2.40. The molecule has 1 N–H and O–H groups in total. The van der Waals surface area contributed by atoms with E-state index < -0.39 is 0 Å². The Morgan fingerprint density at radius 3 is 1.97 bits per heavy atom. The van der Waals surface area contributed by atoms with Crippen molar-refractivity contribution in [3.05, 3.63) is 12.1 Å². The smallest absolute Gasteiger partial charge is 0.321 e. The molecule has 166 valence electrons. The standard InChI is InChI=1S/C21H32N4O5/c1-28-17-13-16(14-18(29-2)20(17)30-3)22-21(27)25-11-9-23(10-12-25)15-19(26)24-7-5-4-6-8-24/h13-14H,4-12,15H2,1-3H3,(H,22,27). The summed E-state index contributed by atoms with van der Waals surface area (Å²) in [7, 11) is 4.61. The molecule has 2 aliphatic rings. The van der Waals surface area contributed by atoms with E-state index in [1.54, 1.807) is 17.0 Å². The van der Waals surface area contributed by atoms with E-state index in [0.717, 1.165) is 25.9 Å². The maximum atomic E-state index is 12.7. The summed E-state index contributed by atoms with van der Waals surface area (Å²) >= 11 is 0. The molecule has 0 unspecified atom stereocenters. The third-order valence-corrected chi connectivity index (χ3v) is 5.64. The molecule has 0 aliphatic carbocycles. The Balaban J connectivity index is 1.52. The van der Waals surface area contributed by atoms with Crippen LogP contribution >= 0.6 is 0 Å². The Kier molecular flexibility index (Phi) is 7.62. The van der Waals surface area contributed by atoms with Crippen molar-refractivity contribution in [3.8, 4) is 17.2 Å². The van der Waals surface area contributed by atoms with Gasteiger partial charge in [-0.15, -0.1) is 0 Å². The topological polar surface area (TPSA) is 83.6 Å². The lowest BCUT2D eigenvalue weighted by molar-refractivity contribution is -0.133. The van der Waals surface area contributed by atoms with Gasteiger partial charge in [0.1, 0.15) is 0 Å². The van der Waals surface area contributed by atoms with Crippen LogP contribution in [-0.2, 0) is 4.79 Å². The fourth-order valence-corrected chi connectivity index (χ4v) is 3.90. The molecule has 2 aliphatic heterocycles. The minimum atomic E-state index is -0.189. The van der Waals surface area contributed by atoms with E-state index >= 15 is 0 Å². The van der Waals surface area contributed by atoms with E-state index in [1.165, 1.54) is 27.8 Å². The first-order chi connectivity index (χ1) is 14.5. The number of carbonyl (C=O) groups is 2. The first-order valence-electron chi connectivity index (χ1n) is 10.4. The van der Waals surface area contributed by atoms with E-state index in [1.807, 2.05) is 4.90 Å². The predicted octanol–water partition coefficient (Wildman–Crippen LogP) is 1.87. The van der Waals surface area contributed by atoms with Gasteiger partial charge in [-0.25, -0.2) is 4.79 Å². The number of nitrogens with zero attached hydrogens (tertiary/aromatic N) is 3. The fraction of sp³-hybridized carbons (Fsp3) is 0.619. The van der Waals surface area contributed by atoms with Crippen LogP contribution in [0.3, 0.4) is 0 Å². The SMILES string of the molecule is COc1cc(NC(=O)N2CCN(CC(=O)N3CCCCC3)CC2)cc(OC)c1OC. The van der Waals surface area contributed by atoms with Gasteiger partial charge in [-0.1, -0.05) is 0 Å². The summed E-state index contributed by atoms with van der Waals surface area (Å²) in [5.41, 5.74) is 0.567. The molecule has 3 amide bonds. The number of benzene rings is 1. The summed E-state index contributed by atoms with van der Waals surface area (Å²) in [6.07, 6.45) is 3.41. The van der Waals surface area contributed by atoms with Gasteiger partial charge in [-0.05, 0) is 19.3 Å². The largest absolute Gasteiger partial charge is 0.493 e. The zero-order valence-corrected chi connectivity index (χ0v) is 18.1. The number of carbonyl (C=O) groups excluding carboxylic acids is 2. The van der Waals surface area contributed by atoms with Gasteiger partial charge in [0, 0.05) is 51.4 Å². The van der Waals surface area contributed by atoms with Gasteiger partial charge in [0.05, 0.1) is 33.6 Å². The highest BCUT2D eigenvalue weighted by atomic mass is 16.5. The summed E-state index contributed by atoms with van der Waals surface area (Å²) in [4.78, 5) is 31.0. The number of piperidine rings is 1. The average Bonchev–Trinajstić information content (AvgIpc) is 2.79. The molecule has 0 atom stereocenters. The lowest BCUT2D eigenvalue weighted by Crippen LogP contribution is -2.52. The number of hydrogen-bond donors (Lipinski definition) is 1. The monoisotopic (exact) mass is 420 g/mol. The second-order valence-corrected chi connectivity index (χ2v) is 7.55. The van der Waals surface area contributed by atoms with Gasteiger partial charge < -0.3 is 29.3 Å². The van der Waals surface area contributed by atoms with Crippen LogP contribution in [-0.4, -0.2) is 93.8 Å². The maximum absolute atomic E-state index is 12.7. The van der Waals surface area contributed by atoms with Crippen LogP contribution in [0.1, 0.15) is 19.3 Å². The van der Waals surface area contributed by atoms with Crippen LogP contribution in [0, 0.1) is 0 Å². The lowest BCUT2D eigenvalue weighted by Gasteiger charge is -2.36. The van der Waals surface area contributed by atoms with Gasteiger partial charge in [-0.3, -0.25) is 9.69 Å². The van der Waals surface area contributed by atoms with Crippen LogP contribution in [0.25, 0.3) is 0 Å². The summed E-state index contributed by atoms with van der Waals surface area (Å²) in [6.45, 7) is 4.69. The molecule has 30 heavy (non-hydrogen) atoms. The molecule has 2 fully saturated rings. The lowest BCUT2D eigenvalue weighted by atomic mass is 10.1. The fourth-order valence-electron chi connectivity index (χ4n) is 3.90. The number of ether oxygens (including phenoxy) is 3. The molecule has 9 nitrogen and oxygen atoms in total. The molecule has 1 aromatic rings. The van der Waals surface area contributed by atoms with Crippen molar-refractivity contribution >= 4 is 17.6 Å². The Morgan fingerprint density at radius 1 is 0.833 bits per heavy atom. The van der Waals surface area contributed by atoms with Crippen molar-refractivity contribution in [2.24, 2.45) is 0 Å². The molecule has 2 heterocycles. The molecule has 9 heteroatoms. The zero-order chi connectivity index (χ0) is 21.5. The summed E-state index contributed by atoms with van der Waals surface area (Å²) in [5.74, 6) is 1.64. The van der Waals surface area contributed by atoms with Crippen molar-refractivity contribution < 1.29 is 23.8 Å². The Hall–Kier alpha value is -2.68. The first-order valence-corrected chi connectivity index (χ1v) is 10.4. The summed E-state index contributed by atoms with van der Waals surface area (Å²) in [5, 5.41) is 2.90. The van der Waals surface area contributed by atoms with Crippen molar-refractivity contribution in [1.82, 2.24) is 14.7 Å². The zero-order valence-electron chi connectivity index (χ0n) is 18.1. The number of urea groups is 1. The molecular weight excluding hydrogens is 388 g/mol. The van der Waals surface area contributed by atoms with Crippen LogP contribution in [0.15, 0.2) is 12.1 Å². The molecule has 2 saturated heterocycles. The van der Waals surface area contributed by atoms with Crippen molar-refractivity contribution in [2.75, 3.05) is 72.5 Å². The van der Waals surface area contributed by atoms with Crippen LogP contribution < -0.4 is 19.5 Å². The number of likely N-dealkylation sites (tertiary alicyclic amines) is 1. The average molecular weight is 421 g/mol. The number of amides is 3. The number of nitrogens with one attached hydrogen (secondary N) is 1. The molecule has 0 aromatic heterocycles. The predicted molar refractivity (Wildman–Crippen MR) is 114 cm³/mol. The summed E-state index contributed by atoms with van der Waals surface area (Å²) < 4.78 is 16.0. The molecule has 0 radical (unpaired) electrons.